The van der Waals surface area contributed by atoms with Gasteiger partial charge in [-0.2, -0.15) is 5.26 Å². The van der Waals surface area contributed by atoms with Gasteiger partial charge in [-0.05, 0) is 19.1 Å². The quantitative estimate of drug-likeness (QED) is 0.782. The number of hydrogen-bond donors (Lipinski definition) is 1. The lowest BCUT2D eigenvalue weighted by atomic mass is 10.3. The van der Waals surface area contributed by atoms with Gasteiger partial charge >= 0.3 is 5.97 Å². The van der Waals surface area contributed by atoms with Crippen LogP contribution in [0.15, 0.2) is 12.1 Å². The molecule has 0 amide bonds. The molecule has 0 saturated carbocycles. The molecule has 0 aliphatic heterocycles. The van der Waals surface area contributed by atoms with Gasteiger partial charge in [-0.15, -0.1) is 11.3 Å². The predicted molar refractivity (Wildman–Crippen MR) is 57.4 cm³/mol. The van der Waals surface area contributed by atoms with Gasteiger partial charge in [0.15, 0.2) is 0 Å². The molecule has 5 heteroatoms. The molecule has 1 rings (SSSR count). The average Bonchev–Trinajstić information content (AvgIpc) is 2.72. The molecule has 0 spiro atoms. The standard InChI is InChI=1S/C10H12N2O2S/c1-7(10(13)14-2)12-6-9-4-3-8(5-11)15-9/h3-4,7,12H,6H2,1-2H3. The number of carbonyl (C=O) groups is 1. The summed E-state index contributed by atoms with van der Waals surface area (Å²) in [5.41, 5.74) is 0. The van der Waals surface area contributed by atoms with Gasteiger partial charge in [0.2, 0.25) is 0 Å². The summed E-state index contributed by atoms with van der Waals surface area (Å²) in [7, 11) is 1.36. The van der Waals surface area contributed by atoms with Gasteiger partial charge in [-0.3, -0.25) is 10.1 Å². The molecule has 0 aliphatic rings. The molecule has 80 valence electrons. The molecular formula is C10H12N2O2S. The van der Waals surface area contributed by atoms with Gasteiger partial charge in [0.05, 0.1) is 7.11 Å². The molecule has 1 atom stereocenters. The van der Waals surface area contributed by atoms with Crippen molar-refractivity contribution in [3.05, 3.63) is 21.9 Å². The third-order valence-corrected chi connectivity index (χ3v) is 2.90. The van der Waals surface area contributed by atoms with Crippen LogP contribution in [0.2, 0.25) is 0 Å². The van der Waals surface area contributed by atoms with E-state index < -0.39 is 0 Å². The predicted octanol–water partition coefficient (Wildman–Crippen LogP) is 1.27. The van der Waals surface area contributed by atoms with Crippen LogP contribution in [0.25, 0.3) is 0 Å². The van der Waals surface area contributed by atoms with Gasteiger partial charge in [0.1, 0.15) is 17.0 Å². The summed E-state index contributed by atoms with van der Waals surface area (Å²) in [5, 5.41) is 11.6. The number of esters is 1. The summed E-state index contributed by atoms with van der Waals surface area (Å²) < 4.78 is 4.58. The first-order valence-corrected chi connectivity index (χ1v) is 5.29. The molecule has 1 aromatic heterocycles. The summed E-state index contributed by atoms with van der Waals surface area (Å²) in [6.07, 6.45) is 0. The minimum Gasteiger partial charge on any atom is -0.468 e. The van der Waals surface area contributed by atoms with E-state index in [9.17, 15) is 4.79 Å². The largest absolute Gasteiger partial charge is 0.468 e. The highest BCUT2D eigenvalue weighted by Crippen LogP contribution is 2.14. The van der Waals surface area contributed by atoms with Crippen molar-refractivity contribution in [2.75, 3.05) is 7.11 Å². The van der Waals surface area contributed by atoms with E-state index >= 15 is 0 Å². The van der Waals surface area contributed by atoms with Crippen LogP contribution in [0.3, 0.4) is 0 Å². The number of nitrogens with one attached hydrogen (secondary N) is 1. The zero-order chi connectivity index (χ0) is 11.3. The van der Waals surface area contributed by atoms with Crippen molar-refractivity contribution < 1.29 is 9.53 Å². The fourth-order valence-electron chi connectivity index (χ4n) is 1.05. The van der Waals surface area contributed by atoms with Crippen molar-refractivity contribution in [1.29, 1.82) is 5.26 Å². The van der Waals surface area contributed by atoms with E-state index in [0.717, 1.165) is 4.88 Å². The van der Waals surface area contributed by atoms with Crippen LogP contribution < -0.4 is 5.32 Å². The number of thiophene rings is 1. The molecule has 0 radical (unpaired) electrons. The summed E-state index contributed by atoms with van der Waals surface area (Å²) in [5.74, 6) is -0.285. The molecule has 15 heavy (non-hydrogen) atoms. The van der Waals surface area contributed by atoms with E-state index in [-0.39, 0.29) is 12.0 Å². The van der Waals surface area contributed by atoms with Crippen LogP contribution in [0.4, 0.5) is 0 Å². The molecule has 1 aromatic rings. The Labute approximate surface area is 92.5 Å². The number of hydrogen-bond acceptors (Lipinski definition) is 5. The molecule has 1 N–H and O–H groups in total. The molecule has 0 aromatic carbocycles. The number of ether oxygens (including phenoxy) is 1. The van der Waals surface area contributed by atoms with Crippen molar-refractivity contribution >= 4 is 17.3 Å². The van der Waals surface area contributed by atoms with E-state index in [1.165, 1.54) is 18.4 Å². The van der Waals surface area contributed by atoms with Crippen molar-refractivity contribution in [3.63, 3.8) is 0 Å². The van der Waals surface area contributed by atoms with Crippen LogP contribution in [0.1, 0.15) is 16.7 Å². The Balaban J connectivity index is 2.44. The maximum Gasteiger partial charge on any atom is 0.322 e. The maximum absolute atomic E-state index is 11.1. The maximum atomic E-state index is 11.1. The van der Waals surface area contributed by atoms with Crippen molar-refractivity contribution in [2.45, 2.75) is 19.5 Å². The SMILES string of the molecule is COC(=O)C(C)NCc1ccc(C#N)s1. The summed E-state index contributed by atoms with van der Waals surface area (Å²) >= 11 is 1.42. The Kier molecular flexibility index (Phi) is 4.28. The van der Waals surface area contributed by atoms with Crippen LogP contribution >= 0.6 is 11.3 Å². The van der Waals surface area contributed by atoms with Crippen LogP contribution in [0, 0.1) is 11.3 Å². The molecule has 4 nitrogen and oxygen atoms in total. The fraction of sp³-hybridized carbons (Fsp3) is 0.400. The van der Waals surface area contributed by atoms with Gasteiger partial charge < -0.3 is 4.74 Å². The molecule has 0 aliphatic carbocycles. The molecular weight excluding hydrogens is 212 g/mol. The Hall–Kier alpha value is -1.38. The third kappa shape index (κ3) is 3.35. The fourth-order valence-corrected chi connectivity index (χ4v) is 1.80. The first-order chi connectivity index (χ1) is 7.17. The second kappa shape index (κ2) is 5.49. The second-order valence-electron chi connectivity index (χ2n) is 3.00. The summed E-state index contributed by atoms with van der Waals surface area (Å²) in [4.78, 5) is 12.8. The van der Waals surface area contributed by atoms with Crippen molar-refractivity contribution in [3.8, 4) is 6.07 Å². The van der Waals surface area contributed by atoms with E-state index in [1.807, 2.05) is 6.07 Å². The first-order valence-electron chi connectivity index (χ1n) is 4.47. The Morgan fingerprint density at radius 1 is 1.73 bits per heavy atom. The van der Waals surface area contributed by atoms with Crippen LogP contribution in [-0.4, -0.2) is 19.1 Å². The van der Waals surface area contributed by atoms with Gasteiger partial charge in [0, 0.05) is 11.4 Å². The number of methoxy groups -OCH3 is 1. The molecule has 0 saturated heterocycles. The monoisotopic (exact) mass is 224 g/mol. The van der Waals surface area contributed by atoms with Gasteiger partial charge in [-0.1, -0.05) is 0 Å². The lowest BCUT2D eigenvalue weighted by Crippen LogP contribution is -2.34. The van der Waals surface area contributed by atoms with E-state index in [0.29, 0.717) is 11.4 Å². The zero-order valence-corrected chi connectivity index (χ0v) is 9.43. The average molecular weight is 224 g/mol. The minimum atomic E-state index is -0.331. The van der Waals surface area contributed by atoms with Gasteiger partial charge in [-0.25, -0.2) is 0 Å². The van der Waals surface area contributed by atoms with Crippen molar-refractivity contribution in [2.24, 2.45) is 0 Å². The minimum absolute atomic E-state index is 0.285. The molecule has 1 heterocycles. The van der Waals surface area contributed by atoms with E-state index in [1.54, 1.807) is 13.0 Å². The first kappa shape index (κ1) is 11.7. The Morgan fingerprint density at radius 2 is 2.47 bits per heavy atom. The number of rotatable bonds is 4. The molecule has 0 bridgehead atoms. The van der Waals surface area contributed by atoms with Gasteiger partial charge in [0.25, 0.3) is 0 Å². The van der Waals surface area contributed by atoms with Crippen LogP contribution in [-0.2, 0) is 16.1 Å². The molecule has 0 fully saturated rings. The second-order valence-corrected chi connectivity index (χ2v) is 4.17. The topological polar surface area (TPSA) is 62.1 Å². The lowest BCUT2D eigenvalue weighted by Gasteiger charge is -2.09. The summed E-state index contributed by atoms with van der Waals surface area (Å²) in [6.45, 7) is 2.31. The number of carbonyl (C=O) groups excluding carboxylic acids is 1. The lowest BCUT2D eigenvalue weighted by molar-refractivity contribution is -0.142. The van der Waals surface area contributed by atoms with E-state index in [2.05, 4.69) is 16.1 Å². The van der Waals surface area contributed by atoms with Crippen molar-refractivity contribution in [1.82, 2.24) is 5.32 Å². The highest BCUT2D eigenvalue weighted by Gasteiger charge is 2.12. The number of nitrogens with zero attached hydrogens (tertiary/aromatic N) is 1. The highest BCUT2D eigenvalue weighted by atomic mass is 32.1. The highest BCUT2D eigenvalue weighted by molar-refractivity contribution is 7.12. The Bertz CT molecular complexity index is 381. The van der Waals surface area contributed by atoms with E-state index in [4.69, 9.17) is 5.26 Å². The number of nitriles is 1. The van der Waals surface area contributed by atoms with Crippen LogP contribution in [0.5, 0.6) is 0 Å². The Morgan fingerprint density at radius 3 is 3.00 bits per heavy atom. The zero-order valence-electron chi connectivity index (χ0n) is 8.61. The normalized spacial score (nSPS) is 11.8. The smallest absolute Gasteiger partial charge is 0.322 e. The summed E-state index contributed by atoms with van der Waals surface area (Å²) in [6, 6.07) is 5.38. The molecule has 1 unspecified atom stereocenters. The third-order valence-electron chi connectivity index (χ3n) is 1.91.